The highest BCUT2D eigenvalue weighted by atomic mass is 35.5. The fraction of sp³-hybridized carbons (Fsp3) is 0.238. The number of rotatable bonds is 6. The molecule has 0 N–H and O–H groups in total. The molecule has 0 saturated carbocycles. The van der Waals surface area contributed by atoms with Crippen LogP contribution in [0.25, 0.3) is 10.2 Å². The van der Waals surface area contributed by atoms with Gasteiger partial charge in [0.1, 0.15) is 0 Å². The molecule has 0 bridgehead atoms. The Morgan fingerprint density at radius 1 is 1.22 bits per heavy atom. The predicted octanol–water partition coefficient (Wildman–Crippen LogP) is 5.13. The van der Waals surface area contributed by atoms with Crippen molar-refractivity contribution in [2.75, 3.05) is 18.0 Å². The van der Waals surface area contributed by atoms with Gasteiger partial charge in [0.2, 0.25) is 0 Å². The van der Waals surface area contributed by atoms with Gasteiger partial charge in [-0.05, 0) is 56.3 Å². The molecule has 3 aromatic rings. The minimum absolute atomic E-state index is 0.253. The predicted molar refractivity (Wildman–Crippen MR) is 115 cm³/mol. The maximum Gasteiger partial charge on any atom is 0.279 e. The van der Waals surface area contributed by atoms with Gasteiger partial charge in [-0.3, -0.25) is 4.79 Å². The smallest absolute Gasteiger partial charge is 0.279 e. The van der Waals surface area contributed by atoms with Gasteiger partial charge in [-0.15, -0.1) is 6.58 Å². The van der Waals surface area contributed by atoms with E-state index in [1.54, 1.807) is 6.08 Å². The minimum Gasteiger partial charge on any atom is -0.372 e. The van der Waals surface area contributed by atoms with E-state index in [9.17, 15) is 4.79 Å². The summed E-state index contributed by atoms with van der Waals surface area (Å²) < 4.78 is 2.97. The second-order valence-corrected chi connectivity index (χ2v) is 7.48. The van der Waals surface area contributed by atoms with E-state index in [-0.39, 0.29) is 5.91 Å². The van der Waals surface area contributed by atoms with Gasteiger partial charge in [0, 0.05) is 35.9 Å². The summed E-state index contributed by atoms with van der Waals surface area (Å²) in [6.45, 7) is 10.5. The van der Waals surface area contributed by atoms with Crippen LogP contribution in [0, 0.1) is 0 Å². The highest BCUT2D eigenvalue weighted by molar-refractivity contribution is 7.16. The van der Waals surface area contributed by atoms with Crippen LogP contribution in [0.15, 0.2) is 60.1 Å². The second-order valence-electron chi connectivity index (χ2n) is 6.03. The van der Waals surface area contributed by atoms with E-state index in [0.29, 0.717) is 21.9 Å². The molecule has 0 spiro atoms. The van der Waals surface area contributed by atoms with E-state index in [1.807, 2.05) is 47.0 Å². The Hall–Kier alpha value is -2.37. The summed E-state index contributed by atoms with van der Waals surface area (Å²) in [5.74, 6) is -0.253. The molecule has 0 radical (unpaired) electrons. The Bertz CT molecular complexity index is 1030. The van der Waals surface area contributed by atoms with Gasteiger partial charge in [-0.25, -0.2) is 0 Å². The quantitative estimate of drug-likeness (QED) is 0.539. The Balaban J connectivity index is 1.99. The number of hydrogen-bond acceptors (Lipinski definition) is 3. The lowest BCUT2D eigenvalue weighted by atomic mass is 10.2. The monoisotopic (exact) mass is 399 g/mol. The van der Waals surface area contributed by atoms with Crippen LogP contribution in [0.2, 0.25) is 5.02 Å². The number of amides is 1. The van der Waals surface area contributed by atoms with Crippen LogP contribution in [0.4, 0.5) is 5.69 Å². The van der Waals surface area contributed by atoms with Gasteiger partial charge < -0.3 is 9.47 Å². The summed E-state index contributed by atoms with van der Waals surface area (Å²) in [5, 5.41) is 0.666. The van der Waals surface area contributed by atoms with Gasteiger partial charge in [-0.1, -0.05) is 29.0 Å². The average molecular weight is 400 g/mol. The molecule has 2 aromatic carbocycles. The third kappa shape index (κ3) is 4.15. The van der Waals surface area contributed by atoms with Gasteiger partial charge >= 0.3 is 0 Å². The lowest BCUT2D eigenvalue weighted by molar-refractivity contribution is 0.0998. The van der Waals surface area contributed by atoms with Crippen LogP contribution in [-0.4, -0.2) is 23.6 Å². The number of aromatic nitrogens is 1. The summed E-state index contributed by atoms with van der Waals surface area (Å²) in [4.78, 5) is 19.9. The van der Waals surface area contributed by atoms with Crippen molar-refractivity contribution < 1.29 is 4.79 Å². The van der Waals surface area contributed by atoms with Crippen molar-refractivity contribution in [3.05, 3.63) is 70.5 Å². The van der Waals surface area contributed by atoms with Crippen LogP contribution < -0.4 is 9.70 Å². The van der Waals surface area contributed by atoms with Crippen molar-refractivity contribution >= 4 is 44.7 Å². The molecule has 0 saturated heterocycles. The third-order valence-electron chi connectivity index (χ3n) is 4.40. The Morgan fingerprint density at radius 3 is 2.56 bits per heavy atom. The summed E-state index contributed by atoms with van der Waals surface area (Å²) in [5.41, 5.74) is 2.68. The number of carbonyl (C=O) groups is 1. The first kappa shape index (κ1) is 19.4. The molecule has 140 valence electrons. The lowest BCUT2D eigenvalue weighted by Gasteiger charge is -2.20. The summed E-state index contributed by atoms with van der Waals surface area (Å²) >= 11 is 7.55. The van der Waals surface area contributed by atoms with Crippen molar-refractivity contribution in [1.82, 2.24) is 4.57 Å². The van der Waals surface area contributed by atoms with E-state index in [2.05, 4.69) is 30.3 Å². The molecule has 0 unspecified atom stereocenters. The molecule has 1 amide bonds. The number of hydrogen-bond donors (Lipinski definition) is 0. The summed E-state index contributed by atoms with van der Waals surface area (Å²) in [6, 6.07) is 13.3. The molecule has 27 heavy (non-hydrogen) atoms. The fourth-order valence-electron chi connectivity index (χ4n) is 2.99. The average Bonchev–Trinajstić information content (AvgIpc) is 3.00. The molecule has 0 aliphatic rings. The van der Waals surface area contributed by atoms with E-state index in [0.717, 1.165) is 29.0 Å². The molecule has 4 nitrogen and oxygen atoms in total. The number of anilines is 1. The van der Waals surface area contributed by atoms with Gasteiger partial charge in [0.15, 0.2) is 4.80 Å². The standard InChI is InChI=1S/C21H22ClN3OS/c1-4-13-25-18-12-9-16(22)14-19(18)27-21(25)23-20(26)15-7-10-17(11-8-15)24(5-2)6-3/h4,7-12,14H,1,5-6,13H2,2-3H3. The van der Waals surface area contributed by atoms with E-state index < -0.39 is 0 Å². The molecule has 1 heterocycles. The zero-order chi connectivity index (χ0) is 19.4. The molecule has 0 atom stereocenters. The maximum absolute atomic E-state index is 12.7. The molecule has 0 aliphatic heterocycles. The second kappa shape index (κ2) is 8.55. The first-order valence-electron chi connectivity index (χ1n) is 8.91. The molecule has 0 fully saturated rings. The summed E-state index contributed by atoms with van der Waals surface area (Å²) in [6.07, 6.45) is 1.79. The Kier molecular flexibility index (Phi) is 6.14. The SMILES string of the molecule is C=CCn1c(=NC(=O)c2ccc(N(CC)CC)cc2)sc2cc(Cl)ccc21. The number of carbonyl (C=O) groups excluding carboxylic acids is 1. The van der Waals surface area contributed by atoms with Crippen molar-refractivity contribution in [2.45, 2.75) is 20.4 Å². The highest BCUT2D eigenvalue weighted by Crippen LogP contribution is 2.22. The first-order valence-corrected chi connectivity index (χ1v) is 10.1. The van der Waals surface area contributed by atoms with Crippen LogP contribution in [-0.2, 0) is 6.54 Å². The molecule has 3 rings (SSSR count). The molecule has 1 aromatic heterocycles. The zero-order valence-electron chi connectivity index (χ0n) is 15.5. The van der Waals surface area contributed by atoms with Crippen LogP contribution in [0.5, 0.6) is 0 Å². The van der Waals surface area contributed by atoms with Crippen molar-refractivity contribution in [3.63, 3.8) is 0 Å². The lowest BCUT2D eigenvalue weighted by Crippen LogP contribution is -2.21. The largest absolute Gasteiger partial charge is 0.372 e. The Morgan fingerprint density at radius 2 is 1.93 bits per heavy atom. The van der Waals surface area contributed by atoms with Gasteiger partial charge in [0.25, 0.3) is 5.91 Å². The van der Waals surface area contributed by atoms with Gasteiger partial charge in [-0.2, -0.15) is 4.99 Å². The third-order valence-corrected chi connectivity index (χ3v) is 5.67. The van der Waals surface area contributed by atoms with E-state index >= 15 is 0 Å². The summed E-state index contributed by atoms with van der Waals surface area (Å²) in [7, 11) is 0. The molecular formula is C21H22ClN3OS. The molecule has 0 aliphatic carbocycles. The van der Waals surface area contributed by atoms with E-state index in [4.69, 9.17) is 11.6 Å². The van der Waals surface area contributed by atoms with Crippen molar-refractivity contribution in [3.8, 4) is 0 Å². The fourth-order valence-corrected chi connectivity index (χ4v) is 4.31. The van der Waals surface area contributed by atoms with E-state index in [1.165, 1.54) is 11.3 Å². The van der Waals surface area contributed by atoms with Crippen LogP contribution in [0.3, 0.4) is 0 Å². The number of benzene rings is 2. The number of nitrogens with zero attached hydrogens (tertiary/aromatic N) is 3. The van der Waals surface area contributed by atoms with Gasteiger partial charge in [0.05, 0.1) is 10.2 Å². The first-order chi connectivity index (χ1) is 13.1. The minimum atomic E-state index is -0.253. The Labute approximate surface area is 168 Å². The number of thiazole rings is 1. The number of fused-ring (bicyclic) bond motifs is 1. The topological polar surface area (TPSA) is 37.6 Å². The van der Waals surface area contributed by atoms with Crippen LogP contribution in [0.1, 0.15) is 24.2 Å². The molecular weight excluding hydrogens is 378 g/mol. The van der Waals surface area contributed by atoms with Crippen LogP contribution >= 0.6 is 22.9 Å². The maximum atomic E-state index is 12.7. The number of halogens is 1. The normalized spacial score (nSPS) is 11.7. The van der Waals surface area contributed by atoms with Crippen molar-refractivity contribution in [2.24, 2.45) is 4.99 Å². The zero-order valence-corrected chi connectivity index (χ0v) is 17.1. The number of allylic oxidation sites excluding steroid dienone is 1. The molecule has 6 heteroatoms. The van der Waals surface area contributed by atoms with Crippen molar-refractivity contribution in [1.29, 1.82) is 0 Å². The highest BCUT2D eigenvalue weighted by Gasteiger charge is 2.10.